The van der Waals surface area contributed by atoms with E-state index in [1.165, 1.54) is 22.3 Å². The molecule has 0 heterocycles. The molecule has 0 spiro atoms. The number of rotatable bonds is 3. The van der Waals surface area contributed by atoms with Crippen LogP contribution in [0.25, 0.3) is 0 Å². The van der Waals surface area contributed by atoms with Crippen molar-refractivity contribution in [3.8, 4) is 0 Å². The highest BCUT2D eigenvalue weighted by molar-refractivity contribution is 5.37. The number of aryl methyl sites for hydroxylation is 3. The Morgan fingerprint density at radius 1 is 1.21 bits per heavy atom. The van der Waals surface area contributed by atoms with Gasteiger partial charge in [0.15, 0.2) is 0 Å². The SMILES string of the molecule is Cc1cc(C)c(C[C@H](O)CN)c(C)c1. The van der Waals surface area contributed by atoms with Crippen LogP contribution in [0.5, 0.6) is 0 Å². The van der Waals surface area contributed by atoms with Crippen LogP contribution in [0.3, 0.4) is 0 Å². The van der Waals surface area contributed by atoms with E-state index in [2.05, 4.69) is 32.9 Å². The largest absolute Gasteiger partial charge is 0.391 e. The number of nitrogens with two attached hydrogens (primary N) is 1. The van der Waals surface area contributed by atoms with Gasteiger partial charge in [-0.05, 0) is 37.5 Å². The van der Waals surface area contributed by atoms with Gasteiger partial charge in [0.25, 0.3) is 0 Å². The fourth-order valence-corrected chi connectivity index (χ4v) is 1.85. The summed E-state index contributed by atoms with van der Waals surface area (Å²) >= 11 is 0. The smallest absolute Gasteiger partial charge is 0.0702 e. The first kappa shape index (κ1) is 11.2. The second kappa shape index (κ2) is 4.58. The van der Waals surface area contributed by atoms with Crippen LogP contribution in [-0.4, -0.2) is 17.8 Å². The minimum absolute atomic E-state index is 0.326. The molecule has 2 nitrogen and oxygen atoms in total. The predicted molar refractivity (Wildman–Crippen MR) is 59.4 cm³/mol. The first-order chi connectivity index (χ1) is 6.54. The zero-order chi connectivity index (χ0) is 10.7. The Hall–Kier alpha value is -0.860. The summed E-state index contributed by atoms with van der Waals surface area (Å²) in [5.41, 5.74) is 10.4. The number of hydrogen-bond acceptors (Lipinski definition) is 2. The molecule has 1 atom stereocenters. The van der Waals surface area contributed by atoms with E-state index in [1.54, 1.807) is 0 Å². The molecular formula is C12H19NO. The van der Waals surface area contributed by atoms with Crippen LogP contribution >= 0.6 is 0 Å². The molecule has 0 bridgehead atoms. The van der Waals surface area contributed by atoms with E-state index in [0.29, 0.717) is 13.0 Å². The van der Waals surface area contributed by atoms with Crippen molar-refractivity contribution in [2.45, 2.75) is 33.3 Å². The van der Waals surface area contributed by atoms with E-state index < -0.39 is 6.10 Å². The van der Waals surface area contributed by atoms with Crippen LogP contribution in [0.1, 0.15) is 22.3 Å². The van der Waals surface area contributed by atoms with Crippen molar-refractivity contribution in [3.05, 3.63) is 34.4 Å². The minimum atomic E-state index is -0.421. The standard InChI is InChI=1S/C12H19NO/c1-8-4-9(2)12(10(3)5-8)6-11(14)7-13/h4-5,11,14H,6-7,13H2,1-3H3/t11-/m0/s1. The van der Waals surface area contributed by atoms with Gasteiger partial charge in [0.1, 0.15) is 0 Å². The van der Waals surface area contributed by atoms with Gasteiger partial charge in [-0.25, -0.2) is 0 Å². The zero-order valence-corrected chi connectivity index (χ0v) is 9.17. The van der Waals surface area contributed by atoms with Gasteiger partial charge in [0.05, 0.1) is 6.10 Å². The molecule has 0 unspecified atom stereocenters. The quantitative estimate of drug-likeness (QED) is 0.763. The van der Waals surface area contributed by atoms with Gasteiger partial charge in [-0.1, -0.05) is 17.7 Å². The van der Waals surface area contributed by atoms with E-state index in [1.807, 2.05) is 0 Å². The molecule has 0 aliphatic carbocycles. The fraction of sp³-hybridized carbons (Fsp3) is 0.500. The Labute approximate surface area is 85.8 Å². The van der Waals surface area contributed by atoms with E-state index in [0.717, 1.165) is 0 Å². The van der Waals surface area contributed by atoms with Crippen molar-refractivity contribution in [1.29, 1.82) is 0 Å². The lowest BCUT2D eigenvalue weighted by Gasteiger charge is -2.14. The summed E-state index contributed by atoms with van der Waals surface area (Å²) in [5, 5.41) is 9.50. The van der Waals surface area contributed by atoms with Crippen molar-refractivity contribution in [1.82, 2.24) is 0 Å². The maximum Gasteiger partial charge on any atom is 0.0702 e. The summed E-state index contributed by atoms with van der Waals surface area (Å²) < 4.78 is 0. The van der Waals surface area contributed by atoms with Crippen molar-refractivity contribution in [2.75, 3.05) is 6.54 Å². The molecule has 0 radical (unpaired) electrons. The maximum atomic E-state index is 9.50. The number of hydrogen-bond donors (Lipinski definition) is 2. The summed E-state index contributed by atoms with van der Waals surface area (Å²) in [7, 11) is 0. The highest BCUT2D eigenvalue weighted by Crippen LogP contribution is 2.17. The predicted octanol–water partition coefficient (Wildman–Crippen LogP) is 1.47. The Morgan fingerprint density at radius 3 is 2.14 bits per heavy atom. The molecule has 0 aliphatic heterocycles. The van der Waals surface area contributed by atoms with Gasteiger partial charge in [-0.15, -0.1) is 0 Å². The molecule has 0 saturated carbocycles. The van der Waals surface area contributed by atoms with E-state index in [9.17, 15) is 5.11 Å². The Morgan fingerprint density at radius 2 is 1.71 bits per heavy atom. The Kier molecular flexibility index (Phi) is 3.67. The third kappa shape index (κ3) is 2.56. The summed E-state index contributed by atoms with van der Waals surface area (Å²) in [5.74, 6) is 0. The number of benzene rings is 1. The van der Waals surface area contributed by atoms with Gasteiger partial charge < -0.3 is 10.8 Å². The normalized spacial score (nSPS) is 12.9. The molecule has 0 fully saturated rings. The zero-order valence-electron chi connectivity index (χ0n) is 9.17. The van der Waals surface area contributed by atoms with E-state index in [4.69, 9.17) is 5.73 Å². The minimum Gasteiger partial charge on any atom is -0.391 e. The molecule has 2 heteroatoms. The molecule has 1 rings (SSSR count). The van der Waals surface area contributed by atoms with Gasteiger partial charge in [-0.2, -0.15) is 0 Å². The van der Waals surface area contributed by atoms with Crippen molar-refractivity contribution in [3.63, 3.8) is 0 Å². The molecule has 0 aromatic heterocycles. The maximum absolute atomic E-state index is 9.50. The van der Waals surface area contributed by atoms with Crippen LogP contribution < -0.4 is 5.73 Å². The molecule has 3 N–H and O–H groups in total. The molecule has 14 heavy (non-hydrogen) atoms. The van der Waals surface area contributed by atoms with Crippen LogP contribution in [0.4, 0.5) is 0 Å². The lowest BCUT2D eigenvalue weighted by atomic mass is 9.95. The summed E-state index contributed by atoms with van der Waals surface area (Å²) in [4.78, 5) is 0. The summed E-state index contributed by atoms with van der Waals surface area (Å²) in [6, 6.07) is 4.29. The van der Waals surface area contributed by atoms with Crippen LogP contribution in [-0.2, 0) is 6.42 Å². The molecule has 78 valence electrons. The molecule has 0 amide bonds. The molecule has 1 aromatic rings. The van der Waals surface area contributed by atoms with Gasteiger partial charge in [0.2, 0.25) is 0 Å². The van der Waals surface area contributed by atoms with Crippen LogP contribution in [0.2, 0.25) is 0 Å². The lowest BCUT2D eigenvalue weighted by Crippen LogP contribution is -2.22. The summed E-state index contributed by atoms with van der Waals surface area (Å²) in [6.45, 7) is 6.58. The number of aliphatic hydroxyl groups is 1. The molecule has 1 aromatic carbocycles. The van der Waals surface area contributed by atoms with Gasteiger partial charge >= 0.3 is 0 Å². The van der Waals surface area contributed by atoms with Gasteiger partial charge in [-0.3, -0.25) is 0 Å². The molecule has 0 saturated heterocycles. The average molecular weight is 193 g/mol. The average Bonchev–Trinajstić information content (AvgIpc) is 2.10. The highest BCUT2D eigenvalue weighted by Gasteiger charge is 2.08. The van der Waals surface area contributed by atoms with Crippen molar-refractivity contribution < 1.29 is 5.11 Å². The number of aliphatic hydroxyl groups excluding tert-OH is 1. The molecule has 0 aliphatic rings. The van der Waals surface area contributed by atoms with Crippen molar-refractivity contribution >= 4 is 0 Å². The second-order valence-electron chi connectivity index (χ2n) is 3.97. The first-order valence-corrected chi connectivity index (χ1v) is 4.99. The van der Waals surface area contributed by atoms with E-state index in [-0.39, 0.29) is 0 Å². The van der Waals surface area contributed by atoms with Crippen molar-refractivity contribution in [2.24, 2.45) is 5.73 Å². The summed E-state index contributed by atoms with van der Waals surface area (Å²) in [6.07, 6.45) is 0.240. The topological polar surface area (TPSA) is 46.2 Å². The third-order valence-corrected chi connectivity index (χ3v) is 2.55. The second-order valence-corrected chi connectivity index (χ2v) is 3.97. The fourth-order valence-electron chi connectivity index (χ4n) is 1.85. The molecular weight excluding hydrogens is 174 g/mol. The Balaban J connectivity index is 2.96. The highest BCUT2D eigenvalue weighted by atomic mass is 16.3. The van der Waals surface area contributed by atoms with Crippen LogP contribution in [0.15, 0.2) is 12.1 Å². The van der Waals surface area contributed by atoms with E-state index >= 15 is 0 Å². The monoisotopic (exact) mass is 193 g/mol. The first-order valence-electron chi connectivity index (χ1n) is 4.99. The van der Waals surface area contributed by atoms with Gasteiger partial charge in [0, 0.05) is 13.0 Å². The lowest BCUT2D eigenvalue weighted by molar-refractivity contribution is 0.183. The third-order valence-electron chi connectivity index (χ3n) is 2.55. The Bertz CT molecular complexity index is 297. The van der Waals surface area contributed by atoms with Crippen LogP contribution in [0, 0.1) is 20.8 Å².